The van der Waals surface area contributed by atoms with Crippen molar-refractivity contribution in [3.63, 3.8) is 0 Å². The van der Waals surface area contributed by atoms with Gasteiger partial charge in [0, 0.05) is 36.0 Å². The van der Waals surface area contributed by atoms with Crippen LogP contribution in [0.5, 0.6) is 5.75 Å². The topological polar surface area (TPSA) is 91.9 Å². The number of hydrogen-bond acceptors (Lipinski definition) is 7. The number of benzene rings is 1. The van der Waals surface area contributed by atoms with Gasteiger partial charge in [0.1, 0.15) is 30.3 Å². The fourth-order valence-corrected chi connectivity index (χ4v) is 5.19. The molecule has 7 nitrogen and oxygen atoms in total. The molecule has 2 aliphatic carbocycles. The second kappa shape index (κ2) is 6.94. The number of aliphatic imine (C=N–C) groups is 1. The number of aromatic nitrogens is 2. The number of ether oxygens (including phenoxy) is 3. The molecule has 30 heavy (non-hydrogen) atoms. The van der Waals surface area contributed by atoms with E-state index in [-0.39, 0.29) is 24.1 Å². The molecule has 3 heterocycles. The van der Waals surface area contributed by atoms with Gasteiger partial charge >= 0.3 is 0 Å². The SMILES string of the molecule is NC1=N[C@@]2(CO1)c1cc(-c3cncnc3)ccc1OC1CC[C@@H](OCC3CC3)C[C@@H]12. The first-order valence-corrected chi connectivity index (χ1v) is 10.9. The van der Waals surface area contributed by atoms with E-state index in [0.717, 1.165) is 54.2 Å². The summed E-state index contributed by atoms with van der Waals surface area (Å²) in [5, 5.41) is 0. The van der Waals surface area contributed by atoms with Crippen LogP contribution in [-0.4, -0.2) is 41.4 Å². The summed E-state index contributed by atoms with van der Waals surface area (Å²) in [6.07, 6.45) is 11.0. The van der Waals surface area contributed by atoms with Gasteiger partial charge in [0.05, 0.1) is 6.10 Å². The number of fused-ring (bicyclic) bond motifs is 4. The fourth-order valence-electron chi connectivity index (χ4n) is 5.19. The van der Waals surface area contributed by atoms with Gasteiger partial charge in [-0.05, 0) is 55.7 Å². The van der Waals surface area contributed by atoms with E-state index in [1.165, 1.54) is 19.2 Å². The molecule has 0 saturated heterocycles. The summed E-state index contributed by atoms with van der Waals surface area (Å²) in [6.45, 7) is 1.33. The van der Waals surface area contributed by atoms with Crippen LogP contribution in [-0.2, 0) is 15.0 Å². The lowest BCUT2D eigenvalue weighted by Gasteiger charge is -2.48. The van der Waals surface area contributed by atoms with E-state index in [2.05, 4.69) is 22.1 Å². The van der Waals surface area contributed by atoms with Gasteiger partial charge in [-0.1, -0.05) is 6.07 Å². The smallest absolute Gasteiger partial charge is 0.283 e. The minimum Gasteiger partial charge on any atom is -0.490 e. The van der Waals surface area contributed by atoms with Gasteiger partial charge in [0.25, 0.3) is 6.02 Å². The fraction of sp³-hybridized carbons (Fsp3) is 0.522. The molecule has 156 valence electrons. The first-order valence-electron chi connectivity index (χ1n) is 10.9. The Bertz CT molecular complexity index is 978. The number of amidine groups is 1. The Kier molecular flexibility index (Phi) is 4.19. The van der Waals surface area contributed by atoms with Crippen LogP contribution in [0.15, 0.2) is 41.9 Å². The first kappa shape index (κ1) is 18.1. The summed E-state index contributed by atoms with van der Waals surface area (Å²) in [4.78, 5) is 13.2. The molecule has 1 unspecified atom stereocenters. The number of rotatable bonds is 4. The molecule has 0 bridgehead atoms. The maximum Gasteiger partial charge on any atom is 0.283 e. The van der Waals surface area contributed by atoms with Crippen LogP contribution in [0.25, 0.3) is 11.1 Å². The molecular formula is C23H26N4O3. The molecule has 2 aliphatic heterocycles. The van der Waals surface area contributed by atoms with E-state index >= 15 is 0 Å². The number of hydrogen-bond donors (Lipinski definition) is 1. The third kappa shape index (κ3) is 3.03. The van der Waals surface area contributed by atoms with Crippen molar-refractivity contribution in [2.75, 3.05) is 13.2 Å². The predicted molar refractivity (Wildman–Crippen MR) is 111 cm³/mol. The molecule has 4 aliphatic rings. The molecular weight excluding hydrogens is 380 g/mol. The quantitative estimate of drug-likeness (QED) is 0.839. The monoisotopic (exact) mass is 406 g/mol. The minimum absolute atomic E-state index is 0.0995. The van der Waals surface area contributed by atoms with Gasteiger partial charge in [-0.15, -0.1) is 0 Å². The van der Waals surface area contributed by atoms with E-state index in [0.29, 0.717) is 6.61 Å². The molecule has 2 fully saturated rings. The highest BCUT2D eigenvalue weighted by Gasteiger charge is 2.55. The normalized spacial score (nSPS) is 32.0. The summed E-state index contributed by atoms with van der Waals surface area (Å²) < 4.78 is 18.5. The zero-order chi connectivity index (χ0) is 20.1. The van der Waals surface area contributed by atoms with Crippen molar-refractivity contribution < 1.29 is 14.2 Å². The van der Waals surface area contributed by atoms with Crippen molar-refractivity contribution >= 4 is 6.02 Å². The van der Waals surface area contributed by atoms with Crippen molar-refractivity contribution in [3.05, 3.63) is 42.5 Å². The van der Waals surface area contributed by atoms with Gasteiger partial charge in [-0.25, -0.2) is 15.0 Å². The van der Waals surface area contributed by atoms with Crippen LogP contribution in [0.1, 0.15) is 37.7 Å². The van der Waals surface area contributed by atoms with E-state index < -0.39 is 5.54 Å². The van der Waals surface area contributed by atoms with E-state index in [9.17, 15) is 0 Å². The summed E-state index contributed by atoms with van der Waals surface area (Å²) in [7, 11) is 0. The van der Waals surface area contributed by atoms with E-state index in [1.807, 2.05) is 18.5 Å². The third-order valence-corrected chi connectivity index (χ3v) is 6.98. The highest BCUT2D eigenvalue weighted by molar-refractivity contribution is 5.75. The molecule has 7 heteroatoms. The van der Waals surface area contributed by atoms with Crippen molar-refractivity contribution in [2.45, 2.75) is 49.9 Å². The maximum atomic E-state index is 6.48. The second-order valence-corrected chi connectivity index (χ2v) is 8.98. The van der Waals surface area contributed by atoms with Crippen molar-refractivity contribution in [1.82, 2.24) is 9.97 Å². The standard InChI is InChI=1S/C23H26N4O3/c24-22-27-23(12-29-22)18-7-15(16-9-25-13-26-10-16)3-5-20(18)30-21-6-4-17(8-19(21)23)28-11-14-1-2-14/h3,5,7,9-10,13-14,17,19,21H,1-2,4,6,8,11-12H2,(H2,24,27)/t17-,19+,21?,23+/m1/s1. The van der Waals surface area contributed by atoms with Crippen molar-refractivity contribution in [1.29, 1.82) is 0 Å². The summed E-state index contributed by atoms with van der Waals surface area (Å²) >= 11 is 0. The Hall–Kier alpha value is -2.67. The molecule has 4 atom stereocenters. The Labute approximate surface area is 175 Å². The second-order valence-electron chi connectivity index (χ2n) is 8.98. The Balaban J connectivity index is 1.38. The number of nitrogens with zero attached hydrogens (tertiary/aromatic N) is 3. The van der Waals surface area contributed by atoms with Gasteiger partial charge in [0.2, 0.25) is 0 Å². The van der Waals surface area contributed by atoms with Crippen LogP contribution in [0.4, 0.5) is 0 Å². The van der Waals surface area contributed by atoms with Crippen molar-refractivity contribution in [2.24, 2.45) is 22.6 Å². The first-order chi connectivity index (χ1) is 14.7. The molecule has 2 N–H and O–H groups in total. The molecule has 1 spiro atoms. The Morgan fingerprint density at radius 2 is 1.97 bits per heavy atom. The zero-order valence-corrected chi connectivity index (χ0v) is 16.9. The van der Waals surface area contributed by atoms with E-state index in [1.54, 1.807) is 0 Å². The third-order valence-electron chi connectivity index (χ3n) is 6.98. The molecule has 1 aromatic heterocycles. The molecule has 2 saturated carbocycles. The summed E-state index contributed by atoms with van der Waals surface area (Å²) in [6, 6.07) is 6.49. The van der Waals surface area contributed by atoms with Crippen LogP contribution in [0, 0.1) is 11.8 Å². The lowest BCUT2D eigenvalue weighted by molar-refractivity contribution is -0.0643. The summed E-state index contributed by atoms with van der Waals surface area (Å²) in [5.74, 6) is 1.81. The largest absolute Gasteiger partial charge is 0.490 e. The average molecular weight is 406 g/mol. The highest BCUT2D eigenvalue weighted by Crippen LogP contribution is 2.53. The minimum atomic E-state index is -0.532. The van der Waals surface area contributed by atoms with E-state index in [4.69, 9.17) is 24.9 Å². The van der Waals surface area contributed by atoms with Gasteiger partial charge < -0.3 is 19.9 Å². The molecule has 0 amide bonds. The molecule has 0 radical (unpaired) electrons. The highest BCUT2D eigenvalue weighted by atomic mass is 16.5. The Morgan fingerprint density at radius 3 is 2.73 bits per heavy atom. The maximum absolute atomic E-state index is 6.48. The zero-order valence-electron chi connectivity index (χ0n) is 16.9. The average Bonchev–Trinajstić information content (AvgIpc) is 3.54. The van der Waals surface area contributed by atoms with Crippen molar-refractivity contribution in [3.8, 4) is 16.9 Å². The number of nitrogens with two attached hydrogens (primary N) is 1. The van der Waals surface area contributed by atoms with Gasteiger partial charge in [-0.2, -0.15) is 0 Å². The molecule has 1 aromatic carbocycles. The molecule has 2 aromatic rings. The van der Waals surface area contributed by atoms with Crippen LogP contribution in [0.2, 0.25) is 0 Å². The lowest BCUT2D eigenvalue weighted by Crippen LogP contribution is -2.52. The van der Waals surface area contributed by atoms with Crippen LogP contribution >= 0.6 is 0 Å². The van der Waals surface area contributed by atoms with Crippen LogP contribution < -0.4 is 10.5 Å². The van der Waals surface area contributed by atoms with Gasteiger partial charge in [0.15, 0.2) is 0 Å². The summed E-state index contributed by atoms with van der Waals surface area (Å²) in [5.41, 5.74) is 8.55. The van der Waals surface area contributed by atoms with Gasteiger partial charge in [-0.3, -0.25) is 0 Å². The predicted octanol–water partition coefficient (Wildman–Crippen LogP) is 3.04. The Morgan fingerprint density at radius 1 is 1.10 bits per heavy atom. The lowest BCUT2D eigenvalue weighted by atomic mass is 9.67. The van der Waals surface area contributed by atoms with Crippen LogP contribution in [0.3, 0.4) is 0 Å². The molecule has 6 rings (SSSR count).